The Balaban J connectivity index is 1.95. The SMILES string of the molecule is O=S(=O)(Nc1cccc2ccc(Cl)nc12)N1CCOCC1. The van der Waals surface area contributed by atoms with E-state index in [1.165, 1.54) is 4.31 Å². The summed E-state index contributed by atoms with van der Waals surface area (Å²) < 4.78 is 33.9. The first kappa shape index (κ1) is 14.5. The third kappa shape index (κ3) is 3.11. The molecular formula is C13H14ClN3O3S. The van der Waals surface area contributed by atoms with Crippen molar-refractivity contribution >= 4 is 38.4 Å². The van der Waals surface area contributed by atoms with Gasteiger partial charge < -0.3 is 4.74 Å². The Kier molecular flexibility index (Phi) is 3.99. The van der Waals surface area contributed by atoms with Gasteiger partial charge in [0.2, 0.25) is 0 Å². The van der Waals surface area contributed by atoms with E-state index >= 15 is 0 Å². The van der Waals surface area contributed by atoms with Crippen molar-refractivity contribution < 1.29 is 13.2 Å². The molecule has 21 heavy (non-hydrogen) atoms. The van der Waals surface area contributed by atoms with Crippen molar-refractivity contribution in [2.24, 2.45) is 0 Å². The van der Waals surface area contributed by atoms with Crippen LogP contribution in [0.25, 0.3) is 10.9 Å². The van der Waals surface area contributed by atoms with Crippen LogP contribution in [0.15, 0.2) is 30.3 Å². The second-order valence-electron chi connectivity index (χ2n) is 4.63. The zero-order chi connectivity index (χ0) is 14.9. The minimum atomic E-state index is -3.62. The summed E-state index contributed by atoms with van der Waals surface area (Å²) in [7, 11) is -3.62. The zero-order valence-electron chi connectivity index (χ0n) is 11.1. The fraction of sp³-hybridized carbons (Fsp3) is 0.308. The molecule has 1 aliphatic heterocycles. The maximum atomic E-state index is 12.4. The van der Waals surface area contributed by atoms with E-state index in [1.807, 2.05) is 6.07 Å². The quantitative estimate of drug-likeness (QED) is 0.874. The van der Waals surface area contributed by atoms with Gasteiger partial charge in [-0.1, -0.05) is 23.7 Å². The largest absolute Gasteiger partial charge is 0.379 e. The molecule has 0 atom stereocenters. The van der Waals surface area contributed by atoms with Crippen LogP contribution in [0.3, 0.4) is 0 Å². The molecule has 0 spiro atoms. The molecule has 1 N–H and O–H groups in total. The summed E-state index contributed by atoms with van der Waals surface area (Å²) >= 11 is 5.90. The van der Waals surface area contributed by atoms with Crippen LogP contribution in [-0.2, 0) is 14.9 Å². The summed E-state index contributed by atoms with van der Waals surface area (Å²) in [4.78, 5) is 4.20. The minimum Gasteiger partial charge on any atom is -0.379 e. The van der Waals surface area contributed by atoms with E-state index < -0.39 is 10.2 Å². The first-order valence-corrected chi connectivity index (χ1v) is 8.29. The summed E-state index contributed by atoms with van der Waals surface area (Å²) in [6, 6.07) is 8.77. The molecule has 0 radical (unpaired) electrons. The molecule has 0 saturated carbocycles. The average molecular weight is 328 g/mol. The molecule has 1 fully saturated rings. The topological polar surface area (TPSA) is 71.5 Å². The third-order valence-corrected chi connectivity index (χ3v) is 4.97. The number of fused-ring (bicyclic) bond motifs is 1. The van der Waals surface area contributed by atoms with Gasteiger partial charge in [-0.3, -0.25) is 4.72 Å². The molecule has 0 unspecified atom stereocenters. The van der Waals surface area contributed by atoms with E-state index in [4.69, 9.17) is 16.3 Å². The third-order valence-electron chi connectivity index (χ3n) is 3.24. The lowest BCUT2D eigenvalue weighted by atomic mass is 10.2. The Bertz CT molecular complexity index is 760. The van der Waals surface area contributed by atoms with Crippen molar-refractivity contribution in [2.75, 3.05) is 31.0 Å². The summed E-state index contributed by atoms with van der Waals surface area (Å²) in [6.45, 7) is 1.49. The van der Waals surface area contributed by atoms with E-state index in [1.54, 1.807) is 24.3 Å². The van der Waals surface area contributed by atoms with Crippen molar-refractivity contribution in [3.63, 3.8) is 0 Å². The molecule has 6 nitrogen and oxygen atoms in total. The lowest BCUT2D eigenvalue weighted by molar-refractivity contribution is 0.0733. The van der Waals surface area contributed by atoms with E-state index in [-0.39, 0.29) is 0 Å². The second kappa shape index (κ2) is 5.76. The maximum Gasteiger partial charge on any atom is 0.301 e. The molecule has 2 aromatic rings. The Labute approximate surface area is 127 Å². The summed E-state index contributed by atoms with van der Waals surface area (Å²) in [5, 5.41) is 1.14. The van der Waals surface area contributed by atoms with Crippen LogP contribution >= 0.6 is 11.6 Å². The van der Waals surface area contributed by atoms with Gasteiger partial charge in [0.15, 0.2) is 0 Å². The molecule has 112 valence electrons. The van der Waals surface area contributed by atoms with E-state index in [0.717, 1.165) is 5.39 Å². The van der Waals surface area contributed by atoms with Gasteiger partial charge in [0, 0.05) is 18.5 Å². The fourth-order valence-electron chi connectivity index (χ4n) is 2.20. The minimum absolute atomic E-state index is 0.320. The standard InChI is InChI=1S/C13H14ClN3O3S/c14-12-5-4-10-2-1-3-11(13(10)15-12)16-21(18,19)17-6-8-20-9-7-17/h1-5,16H,6-9H2. The Hall–Kier alpha value is -1.41. The molecule has 3 rings (SSSR count). The number of nitrogens with one attached hydrogen (secondary N) is 1. The Morgan fingerprint density at radius 2 is 1.95 bits per heavy atom. The number of hydrogen-bond donors (Lipinski definition) is 1. The Morgan fingerprint density at radius 3 is 2.71 bits per heavy atom. The van der Waals surface area contributed by atoms with Crippen LogP contribution < -0.4 is 4.72 Å². The van der Waals surface area contributed by atoms with Crippen LogP contribution in [0.5, 0.6) is 0 Å². The number of pyridine rings is 1. The number of rotatable bonds is 3. The number of benzene rings is 1. The highest BCUT2D eigenvalue weighted by Gasteiger charge is 2.24. The normalized spacial score (nSPS) is 17.0. The molecule has 8 heteroatoms. The van der Waals surface area contributed by atoms with E-state index in [9.17, 15) is 8.42 Å². The first-order chi connectivity index (χ1) is 10.1. The maximum absolute atomic E-state index is 12.4. The molecule has 1 saturated heterocycles. The lowest BCUT2D eigenvalue weighted by Crippen LogP contribution is -2.43. The predicted octanol–water partition coefficient (Wildman–Crippen LogP) is 1.88. The van der Waals surface area contributed by atoms with Gasteiger partial charge >= 0.3 is 10.2 Å². The number of anilines is 1. The number of halogens is 1. The number of morpholine rings is 1. The molecule has 1 aromatic carbocycles. The molecule has 0 amide bonds. The highest BCUT2D eigenvalue weighted by atomic mass is 35.5. The summed E-state index contributed by atoms with van der Waals surface area (Å²) in [5.74, 6) is 0. The number of para-hydroxylation sites is 1. The van der Waals surface area contributed by atoms with Crippen molar-refractivity contribution in [3.05, 3.63) is 35.5 Å². The average Bonchev–Trinajstić information content (AvgIpc) is 2.48. The predicted molar refractivity (Wildman–Crippen MR) is 81.7 cm³/mol. The van der Waals surface area contributed by atoms with Crippen LogP contribution in [0.4, 0.5) is 5.69 Å². The van der Waals surface area contributed by atoms with E-state index in [0.29, 0.717) is 42.7 Å². The smallest absolute Gasteiger partial charge is 0.301 e. The number of ether oxygens (including phenoxy) is 1. The monoisotopic (exact) mass is 327 g/mol. The summed E-state index contributed by atoms with van der Waals surface area (Å²) in [5.41, 5.74) is 0.948. The van der Waals surface area contributed by atoms with Gasteiger partial charge in [-0.15, -0.1) is 0 Å². The molecular weight excluding hydrogens is 314 g/mol. The van der Waals surface area contributed by atoms with Gasteiger partial charge in [-0.05, 0) is 18.2 Å². The molecule has 0 bridgehead atoms. The highest BCUT2D eigenvalue weighted by molar-refractivity contribution is 7.90. The lowest BCUT2D eigenvalue weighted by Gasteiger charge is -2.26. The fourth-order valence-corrected chi connectivity index (χ4v) is 3.55. The molecule has 0 aliphatic carbocycles. The van der Waals surface area contributed by atoms with Crippen LogP contribution in [0.2, 0.25) is 5.15 Å². The summed E-state index contributed by atoms with van der Waals surface area (Å²) in [6.07, 6.45) is 0. The number of aromatic nitrogens is 1. The molecule has 2 heterocycles. The van der Waals surface area contributed by atoms with Gasteiger partial charge in [0.25, 0.3) is 0 Å². The zero-order valence-corrected chi connectivity index (χ0v) is 12.7. The van der Waals surface area contributed by atoms with Crippen LogP contribution in [-0.4, -0.2) is 44.0 Å². The molecule has 1 aliphatic rings. The highest BCUT2D eigenvalue weighted by Crippen LogP contribution is 2.24. The number of nitrogens with zero attached hydrogens (tertiary/aromatic N) is 2. The van der Waals surface area contributed by atoms with Crippen molar-refractivity contribution in [2.45, 2.75) is 0 Å². The van der Waals surface area contributed by atoms with Gasteiger partial charge in [-0.2, -0.15) is 12.7 Å². The van der Waals surface area contributed by atoms with Crippen molar-refractivity contribution in [1.29, 1.82) is 0 Å². The van der Waals surface area contributed by atoms with Gasteiger partial charge in [-0.25, -0.2) is 4.98 Å². The Morgan fingerprint density at radius 1 is 1.19 bits per heavy atom. The number of hydrogen-bond acceptors (Lipinski definition) is 4. The van der Waals surface area contributed by atoms with Crippen LogP contribution in [0, 0.1) is 0 Å². The second-order valence-corrected chi connectivity index (χ2v) is 6.69. The van der Waals surface area contributed by atoms with E-state index in [2.05, 4.69) is 9.71 Å². The van der Waals surface area contributed by atoms with Crippen molar-refractivity contribution in [1.82, 2.24) is 9.29 Å². The van der Waals surface area contributed by atoms with Crippen LogP contribution in [0.1, 0.15) is 0 Å². The first-order valence-electron chi connectivity index (χ1n) is 6.47. The van der Waals surface area contributed by atoms with Gasteiger partial charge in [0.05, 0.1) is 24.4 Å². The van der Waals surface area contributed by atoms with Gasteiger partial charge in [0.1, 0.15) is 5.15 Å². The molecule has 1 aromatic heterocycles. The van der Waals surface area contributed by atoms with Crippen molar-refractivity contribution in [3.8, 4) is 0 Å².